The van der Waals surface area contributed by atoms with Crippen molar-refractivity contribution >= 4 is 11.9 Å². The SMILES string of the molecule is CCN(CC(=O)NC)C(=O)N1CCCC1. The van der Waals surface area contributed by atoms with Crippen molar-refractivity contribution in [1.82, 2.24) is 15.1 Å². The molecule has 0 aromatic heterocycles. The average Bonchev–Trinajstić information content (AvgIpc) is 2.77. The molecule has 5 nitrogen and oxygen atoms in total. The first-order valence-corrected chi connectivity index (χ1v) is 5.43. The largest absolute Gasteiger partial charge is 0.358 e. The molecule has 5 heteroatoms. The third-order valence-electron chi connectivity index (χ3n) is 2.64. The smallest absolute Gasteiger partial charge is 0.320 e. The molecule has 0 aliphatic carbocycles. The molecule has 0 aromatic carbocycles. The van der Waals surface area contributed by atoms with Crippen molar-refractivity contribution < 1.29 is 9.59 Å². The van der Waals surface area contributed by atoms with Crippen LogP contribution >= 0.6 is 0 Å². The van der Waals surface area contributed by atoms with Gasteiger partial charge in [-0.2, -0.15) is 0 Å². The monoisotopic (exact) mass is 213 g/mol. The number of likely N-dealkylation sites (tertiary alicyclic amines) is 1. The lowest BCUT2D eigenvalue weighted by atomic mass is 10.4. The number of hydrogen-bond acceptors (Lipinski definition) is 2. The molecule has 0 bridgehead atoms. The van der Waals surface area contributed by atoms with Gasteiger partial charge in [0.1, 0.15) is 6.54 Å². The summed E-state index contributed by atoms with van der Waals surface area (Å²) in [5, 5.41) is 2.52. The quantitative estimate of drug-likeness (QED) is 0.731. The molecule has 1 aliphatic heterocycles. The Morgan fingerprint density at radius 1 is 1.33 bits per heavy atom. The minimum absolute atomic E-state index is 0.0152. The maximum absolute atomic E-state index is 11.9. The molecule has 0 radical (unpaired) electrons. The molecule has 1 rings (SSSR count). The van der Waals surface area contributed by atoms with Crippen LogP contribution in [0.3, 0.4) is 0 Å². The van der Waals surface area contributed by atoms with Crippen molar-refractivity contribution in [2.75, 3.05) is 33.2 Å². The molecule has 1 aliphatic rings. The van der Waals surface area contributed by atoms with Crippen LogP contribution in [-0.4, -0.2) is 55.0 Å². The first-order chi connectivity index (χ1) is 7.19. The molecule has 0 saturated carbocycles. The van der Waals surface area contributed by atoms with Gasteiger partial charge in [0.05, 0.1) is 0 Å². The maximum atomic E-state index is 11.9. The number of hydrogen-bond donors (Lipinski definition) is 1. The number of rotatable bonds is 3. The predicted octanol–water partition coefficient (Wildman–Crippen LogP) is 0.270. The van der Waals surface area contributed by atoms with Crippen LogP contribution in [0.1, 0.15) is 19.8 Å². The van der Waals surface area contributed by atoms with E-state index in [-0.39, 0.29) is 18.5 Å². The van der Waals surface area contributed by atoms with Crippen LogP contribution < -0.4 is 5.32 Å². The number of carbonyl (C=O) groups excluding carboxylic acids is 2. The molecule has 86 valence electrons. The third-order valence-corrected chi connectivity index (χ3v) is 2.64. The zero-order valence-corrected chi connectivity index (χ0v) is 9.45. The Kier molecular flexibility index (Phi) is 4.39. The maximum Gasteiger partial charge on any atom is 0.320 e. The molecule has 0 unspecified atom stereocenters. The molecule has 15 heavy (non-hydrogen) atoms. The van der Waals surface area contributed by atoms with E-state index in [1.807, 2.05) is 11.8 Å². The third kappa shape index (κ3) is 3.11. The molecule has 1 fully saturated rings. The van der Waals surface area contributed by atoms with Crippen molar-refractivity contribution in [3.8, 4) is 0 Å². The number of nitrogens with zero attached hydrogens (tertiary/aromatic N) is 2. The lowest BCUT2D eigenvalue weighted by molar-refractivity contribution is -0.121. The van der Waals surface area contributed by atoms with Gasteiger partial charge in [-0.05, 0) is 19.8 Å². The number of likely N-dealkylation sites (N-methyl/N-ethyl adjacent to an activating group) is 2. The van der Waals surface area contributed by atoms with Crippen molar-refractivity contribution in [3.05, 3.63) is 0 Å². The summed E-state index contributed by atoms with van der Waals surface area (Å²) < 4.78 is 0. The van der Waals surface area contributed by atoms with Crippen molar-refractivity contribution in [2.24, 2.45) is 0 Å². The molecule has 0 spiro atoms. The van der Waals surface area contributed by atoms with E-state index in [1.165, 1.54) is 0 Å². The van der Waals surface area contributed by atoms with E-state index >= 15 is 0 Å². The molecule has 1 N–H and O–H groups in total. The number of nitrogens with one attached hydrogen (secondary N) is 1. The molecular weight excluding hydrogens is 194 g/mol. The van der Waals surface area contributed by atoms with Crippen molar-refractivity contribution in [1.29, 1.82) is 0 Å². The Hall–Kier alpha value is -1.26. The summed E-state index contributed by atoms with van der Waals surface area (Å²) in [6.45, 7) is 4.26. The van der Waals surface area contributed by atoms with Crippen LogP contribution in [0.25, 0.3) is 0 Å². The lowest BCUT2D eigenvalue weighted by Crippen LogP contribution is -2.45. The van der Waals surface area contributed by atoms with Gasteiger partial charge in [-0.1, -0.05) is 0 Å². The standard InChI is InChI=1S/C10H19N3O2/c1-3-12(8-9(14)11-2)10(15)13-6-4-5-7-13/h3-8H2,1-2H3,(H,11,14). The highest BCUT2D eigenvalue weighted by Gasteiger charge is 2.23. The van der Waals surface area contributed by atoms with E-state index in [9.17, 15) is 9.59 Å². The van der Waals surface area contributed by atoms with Crippen LogP contribution in [0.15, 0.2) is 0 Å². The Bertz CT molecular complexity index is 237. The summed E-state index contributed by atoms with van der Waals surface area (Å²) in [6, 6.07) is -0.0152. The van der Waals surface area contributed by atoms with E-state index in [1.54, 1.807) is 11.9 Å². The van der Waals surface area contributed by atoms with E-state index in [4.69, 9.17) is 0 Å². The average molecular weight is 213 g/mol. The minimum Gasteiger partial charge on any atom is -0.358 e. The van der Waals surface area contributed by atoms with Crippen LogP contribution in [0, 0.1) is 0 Å². The van der Waals surface area contributed by atoms with Gasteiger partial charge in [0.2, 0.25) is 5.91 Å². The molecule has 0 atom stereocenters. The second-order valence-electron chi connectivity index (χ2n) is 3.66. The van der Waals surface area contributed by atoms with Gasteiger partial charge in [0.15, 0.2) is 0 Å². The van der Waals surface area contributed by atoms with Gasteiger partial charge in [0, 0.05) is 26.7 Å². The van der Waals surface area contributed by atoms with Gasteiger partial charge in [-0.25, -0.2) is 4.79 Å². The second kappa shape index (κ2) is 5.58. The van der Waals surface area contributed by atoms with E-state index in [0.717, 1.165) is 25.9 Å². The van der Waals surface area contributed by atoms with Gasteiger partial charge < -0.3 is 15.1 Å². The predicted molar refractivity (Wildman–Crippen MR) is 57.5 cm³/mol. The van der Waals surface area contributed by atoms with Crippen LogP contribution in [0.5, 0.6) is 0 Å². The second-order valence-corrected chi connectivity index (χ2v) is 3.66. The molecule has 0 aromatic rings. The summed E-state index contributed by atoms with van der Waals surface area (Å²) >= 11 is 0. The first kappa shape index (κ1) is 11.8. The fourth-order valence-corrected chi connectivity index (χ4v) is 1.68. The van der Waals surface area contributed by atoms with E-state index < -0.39 is 0 Å². The molecule has 3 amide bonds. The first-order valence-electron chi connectivity index (χ1n) is 5.43. The summed E-state index contributed by atoms with van der Waals surface area (Å²) in [5.74, 6) is -0.121. The van der Waals surface area contributed by atoms with Crippen molar-refractivity contribution in [2.45, 2.75) is 19.8 Å². The fourth-order valence-electron chi connectivity index (χ4n) is 1.68. The summed E-state index contributed by atoms with van der Waals surface area (Å²) in [6.07, 6.45) is 2.15. The topological polar surface area (TPSA) is 52.7 Å². The van der Waals surface area contributed by atoms with Gasteiger partial charge >= 0.3 is 6.03 Å². The fraction of sp³-hybridized carbons (Fsp3) is 0.800. The van der Waals surface area contributed by atoms with Crippen LogP contribution in [0.2, 0.25) is 0 Å². The van der Waals surface area contributed by atoms with Crippen molar-refractivity contribution in [3.63, 3.8) is 0 Å². The Morgan fingerprint density at radius 2 is 1.93 bits per heavy atom. The van der Waals surface area contributed by atoms with Crippen LogP contribution in [0.4, 0.5) is 4.79 Å². The number of amides is 3. The number of urea groups is 1. The molecule has 1 heterocycles. The highest BCUT2D eigenvalue weighted by atomic mass is 16.2. The van der Waals surface area contributed by atoms with Gasteiger partial charge in [-0.15, -0.1) is 0 Å². The Labute approximate surface area is 90.4 Å². The zero-order chi connectivity index (χ0) is 11.3. The Morgan fingerprint density at radius 3 is 2.40 bits per heavy atom. The van der Waals surface area contributed by atoms with Gasteiger partial charge in [-0.3, -0.25) is 4.79 Å². The normalized spacial score (nSPS) is 15.2. The summed E-state index contributed by atoms with van der Waals surface area (Å²) in [4.78, 5) is 26.5. The van der Waals surface area contributed by atoms with Gasteiger partial charge in [0.25, 0.3) is 0 Å². The number of carbonyl (C=O) groups is 2. The van der Waals surface area contributed by atoms with E-state index in [0.29, 0.717) is 6.54 Å². The highest BCUT2D eigenvalue weighted by molar-refractivity contribution is 5.83. The van der Waals surface area contributed by atoms with Crippen LogP contribution in [-0.2, 0) is 4.79 Å². The Balaban J connectivity index is 2.49. The lowest BCUT2D eigenvalue weighted by Gasteiger charge is -2.26. The summed E-state index contributed by atoms with van der Waals surface area (Å²) in [5.41, 5.74) is 0. The minimum atomic E-state index is -0.121. The summed E-state index contributed by atoms with van der Waals surface area (Å²) in [7, 11) is 1.58. The molecule has 1 saturated heterocycles. The molecular formula is C10H19N3O2. The highest BCUT2D eigenvalue weighted by Crippen LogP contribution is 2.10. The zero-order valence-electron chi connectivity index (χ0n) is 9.45. The van der Waals surface area contributed by atoms with E-state index in [2.05, 4.69) is 5.32 Å².